The molecule has 1 aliphatic carbocycles. The summed E-state index contributed by atoms with van der Waals surface area (Å²) >= 11 is 0. The minimum atomic E-state index is -0.796. The van der Waals surface area contributed by atoms with Crippen molar-refractivity contribution in [1.29, 1.82) is 0 Å². The van der Waals surface area contributed by atoms with Crippen molar-refractivity contribution in [2.45, 2.75) is 38.1 Å². The van der Waals surface area contributed by atoms with Crippen LogP contribution < -0.4 is 22.1 Å². The molecule has 0 spiro atoms. The van der Waals surface area contributed by atoms with Gasteiger partial charge in [0, 0.05) is 11.3 Å². The van der Waals surface area contributed by atoms with Gasteiger partial charge in [-0.2, -0.15) is 0 Å². The Morgan fingerprint density at radius 3 is 2.12 bits per heavy atom. The van der Waals surface area contributed by atoms with Crippen LogP contribution in [0.1, 0.15) is 41.6 Å². The molecule has 0 heterocycles. The number of nitrogen functional groups attached to an aromatic ring is 1. The van der Waals surface area contributed by atoms with E-state index in [1.807, 2.05) is 43.3 Å². The summed E-state index contributed by atoms with van der Waals surface area (Å²) in [5.41, 5.74) is 16.8. The summed E-state index contributed by atoms with van der Waals surface area (Å²) in [6.07, 6.45) is 3.33. The quantitative estimate of drug-likeness (QED) is 0.441. The van der Waals surface area contributed by atoms with E-state index < -0.39 is 5.54 Å². The Labute approximate surface area is 188 Å². The van der Waals surface area contributed by atoms with Gasteiger partial charge in [-0.15, -0.1) is 0 Å². The predicted molar refractivity (Wildman–Crippen MR) is 129 cm³/mol. The molecule has 2 amide bonds. The topological polar surface area (TPSA) is 110 Å². The van der Waals surface area contributed by atoms with Gasteiger partial charge in [0.2, 0.25) is 5.91 Å². The number of carbonyl (C=O) groups is 2. The van der Waals surface area contributed by atoms with Crippen molar-refractivity contribution in [3.63, 3.8) is 0 Å². The Kier molecular flexibility index (Phi) is 5.97. The minimum Gasteiger partial charge on any atom is -0.397 e. The molecule has 6 N–H and O–H groups in total. The summed E-state index contributed by atoms with van der Waals surface area (Å²) in [6.45, 7) is 2.04. The molecule has 164 valence electrons. The smallest absolute Gasteiger partial charge is 0.255 e. The van der Waals surface area contributed by atoms with E-state index in [1.54, 1.807) is 30.3 Å². The highest BCUT2D eigenvalue weighted by Gasteiger charge is 2.36. The van der Waals surface area contributed by atoms with Gasteiger partial charge in [0.25, 0.3) is 5.91 Å². The van der Waals surface area contributed by atoms with Crippen LogP contribution in [0.2, 0.25) is 0 Å². The first-order valence-electron chi connectivity index (χ1n) is 10.8. The first-order chi connectivity index (χ1) is 15.3. The Balaban J connectivity index is 1.45. The molecule has 0 bridgehead atoms. The number of nitrogens with two attached hydrogens (primary N) is 2. The Morgan fingerprint density at radius 2 is 1.47 bits per heavy atom. The summed E-state index contributed by atoms with van der Waals surface area (Å²) in [6, 6.07) is 20.5. The number of carbonyl (C=O) groups excluding carboxylic acids is 2. The lowest BCUT2D eigenvalue weighted by atomic mass is 9.98. The number of anilines is 3. The first-order valence-corrected chi connectivity index (χ1v) is 10.8. The van der Waals surface area contributed by atoms with Crippen molar-refractivity contribution in [2.75, 3.05) is 16.4 Å². The molecule has 3 aromatic carbocycles. The number of aryl methyl sites for hydroxylation is 1. The molecule has 1 saturated carbocycles. The number of hydrogen-bond donors (Lipinski definition) is 4. The molecule has 3 aromatic rings. The molecule has 1 fully saturated rings. The molecule has 0 aromatic heterocycles. The van der Waals surface area contributed by atoms with Crippen LogP contribution in [-0.4, -0.2) is 17.4 Å². The van der Waals surface area contributed by atoms with Crippen LogP contribution in [0.15, 0.2) is 66.7 Å². The van der Waals surface area contributed by atoms with Crippen LogP contribution in [0.4, 0.5) is 17.1 Å². The van der Waals surface area contributed by atoms with Gasteiger partial charge in [0.05, 0.1) is 16.9 Å². The maximum atomic E-state index is 12.8. The van der Waals surface area contributed by atoms with E-state index in [0.717, 1.165) is 24.0 Å². The Hall–Kier alpha value is -3.64. The SMILES string of the molecule is Cc1ccc(-c2ccc(N)c(NC(=O)c3ccc(NC(=O)C4(N)CCCC4)cc3)c2)cc1. The van der Waals surface area contributed by atoms with Gasteiger partial charge < -0.3 is 22.1 Å². The second-order valence-corrected chi connectivity index (χ2v) is 8.52. The van der Waals surface area contributed by atoms with Gasteiger partial charge in [-0.25, -0.2) is 0 Å². The predicted octanol–water partition coefficient (Wildman–Crippen LogP) is 4.71. The third kappa shape index (κ3) is 4.65. The van der Waals surface area contributed by atoms with E-state index in [9.17, 15) is 9.59 Å². The van der Waals surface area contributed by atoms with E-state index >= 15 is 0 Å². The average Bonchev–Trinajstić information content (AvgIpc) is 3.24. The molecule has 4 rings (SSSR count). The molecule has 6 nitrogen and oxygen atoms in total. The first kappa shape index (κ1) is 21.6. The second kappa shape index (κ2) is 8.85. The standard InChI is InChI=1S/C26H28N4O2/c1-17-4-6-18(7-5-17)20-10-13-22(27)23(16-20)30-24(31)19-8-11-21(12-9-19)29-25(32)26(28)14-2-3-15-26/h4-13,16H,2-3,14-15,27-28H2,1H3,(H,29,32)(H,30,31). The molecule has 0 saturated heterocycles. The zero-order valence-corrected chi connectivity index (χ0v) is 18.2. The second-order valence-electron chi connectivity index (χ2n) is 8.52. The molecular weight excluding hydrogens is 400 g/mol. The van der Waals surface area contributed by atoms with Crippen LogP contribution >= 0.6 is 0 Å². The van der Waals surface area contributed by atoms with Crippen molar-refractivity contribution in [1.82, 2.24) is 0 Å². The highest BCUT2D eigenvalue weighted by Crippen LogP contribution is 2.29. The molecule has 32 heavy (non-hydrogen) atoms. The molecule has 0 aliphatic heterocycles. The monoisotopic (exact) mass is 428 g/mol. The van der Waals surface area contributed by atoms with Crippen molar-refractivity contribution >= 4 is 28.9 Å². The highest BCUT2D eigenvalue weighted by atomic mass is 16.2. The lowest BCUT2D eigenvalue weighted by Crippen LogP contribution is -2.48. The summed E-state index contributed by atoms with van der Waals surface area (Å²) in [7, 11) is 0. The number of benzene rings is 3. The van der Waals surface area contributed by atoms with Crippen molar-refractivity contribution < 1.29 is 9.59 Å². The lowest BCUT2D eigenvalue weighted by molar-refractivity contribution is -0.121. The average molecular weight is 429 g/mol. The molecule has 0 atom stereocenters. The fraction of sp³-hybridized carbons (Fsp3) is 0.231. The van der Waals surface area contributed by atoms with E-state index in [4.69, 9.17) is 11.5 Å². The van der Waals surface area contributed by atoms with E-state index in [-0.39, 0.29) is 11.8 Å². The van der Waals surface area contributed by atoms with Gasteiger partial charge in [-0.1, -0.05) is 48.7 Å². The fourth-order valence-electron chi connectivity index (χ4n) is 3.98. The summed E-state index contributed by atoms with van der Waals surface area (Å²) in [5, 5.41) is 5.75. The van der Waals surface area contributed by atoms with E-state index in [1.165, 1.54) is 5.56 Å². The molecule has 1 aliphatic rings. The van der Waals surface area contributed by atoms with Crippen molar-refractivity contribution in [3.05, 3.63) is 77.9 Å². The minimum absolute atomic E-state index is 0.173. The number of hydrogen-bond acceptors (Lipinski definition) is 4. The van der Waals surface area contributed by atoms with Crippen LogP contribution in [0.25, 0.3) is 11.1 Å². The number of rotatable bonds is 5. The zero-order valence-electron chi connectivity index (χ0n) is 18.2. The van der Waals surface area contributed by atoms with E-state index in [0.29, 0.717) is 35.5 Å². The van der Waals surface area contributed by atoms with Gasteiger partial charge in [0.15, 0.2) is 0 Å². The van der Waals surface area contributed by atoms with Crippen LogP contribution in [0.3, 0.4) is 0 Å². The van der Waals surface area contributed by atoms with Gasteiger partial charge in [-0.3, -0.25) is 9.59 Å². The lowest BCUT2D eigenvalue weighted by Gasteiger charge is -2.22. The third-order valence-corrected chi connectivity index (χ3v) is 6.04. The maximum absolute atomic E-state index is 12.8. The highest BCUT2D eigenvalue weighted by molar-refractivity contribution is 6.06. The van der Waals surface area contributed by atoms with Gasteiger partial charge in [0.1, 0.15) is 0 Å². The molecule has 0 unspecified atom stereocenters. The van der Waals surface area contributed by atoms with Crippen molar-refractivity contribution in [2.24, 2.45) is 5.73 Å². The number of amides is 2. The Morgan fingerprint density at radius 1 is 0.844 bits per heavy atom. The summed E-state index contributed by atoms with van der Waals surface area (Å²) < 4.78 is 0. The maximum Gasteiger partial charge on any atom is 0.255 e. The van der Waals surface area contributed by atoms with Crippen LogP contribution in [0.5, 0.6) is 0 Å². The van der Waals surface area contributed by atoms with Gasteiger partial charge in [-0.05, 0) is 67.3 Å². The Bertz CT molecular complexity index is 1130. The fourth-order valence-corrected chi connectivity index (χ4v) is 3.98. The molecule has 0 radical (unpaired) electrons. The van der Waals surface area contributed by atoms with Crippen molar-refractivity contribution in [3.8, 4) is 11.1 Å². The number of nitrogens with one attached hydrogen (secondary N) is 2. The van der Waals surface area contributed by atoms with Gasteiger partial charge >= 0.3 is 0 Å². The zero-order chi connectivity index (χ0) is 22.7. The largest absolute Gasteiger partial charge is 0.397 e. The molecular formula is C26H28N4O2. The third-order valence-electron chi connectivity index (χ3n) is 6.04. The molecule has 6 heteroatoms. The summed E-state index contributed by atoms with van der Waals surface area (Å²) in [4.78, 5) is 25.3. The van der Waals surface area contributed by atoms with Crippen LogP contribution in [-0.2, 0) is 4.79 Å². The van der Waals surface area contributed by atoms with Crippen LogP contribution in [0, 0.1) is 6.92 Å². The van der Waals surface area contributed by atoms with E-state index in [2.05, 4.69) is 10.6 Å². The summed E-state index contributed by atoms with van der Waals surface area (Å²) in [5.74, 6) is -0.449. The normalized spacial score (nSPS) is 14.7.